The van der Waals surface area contributed by atoms with E-state index in [4.69, 9.17) is 11.6 Å². The maximum Gasteiger partial charge on any atom is 0.270 e. The zero-order chi connectivity index (χ0) is 12.8. The lowest BCUT2D eigenvalue weighted by atomic mass is 10.1. The van der Waals surface area contributed by atoms with Gasteiger partial charge in [0.25, 0.3) is 5.69 Å². The topological polar surface area (TPSA) is 46.4 Å². The van der Waals surface area contributed by atoms with E-state index in [0.29, 0.717) is 5.02 Å². The molecule has 0 unspecified atom stereocenters. The maximum absolute atomic E-state index is 10.6. The molecular formula is C12H17ClN2O2. The van der Waals surface area contributed by atoms with Crippen molar-refractivity contribution in [1.29, 1.82) is 0 Å². The van der Waals surface area contributed by atoms with Gasteiger partial charge in [0.15, 0.2) is 0 Å². The second-order valence-electron chi connectivity index (χ2n) is 3.81. The van der Waals surface area contributed by atoms with Crippen LogP contribution >= 0.6 is 11.6 Å². The van der Waals surface area contributed by atoms with E-state index in [0.717, 1.165) is 31.6 Å². The highest BCUT2D eigenvalue weighted by Gasteiger charge is 2.09. The van der Waals surface area contributed by atoms with Crippen LogP contribution in [-0.2, 0) is 6.42 Å². The predicted octanol–water partition coefficient (Wildman–Crippen LogP) is 3.13. The molecule has 5 heteroatoms. The van der Waals surface area contributed by atoms with Crippen LogP contribution in [-0.4, -0.2) is 29.5 Å². The molecule has 0 aliphatic heterocycles. The summed E-state index contributed by atoms with van der Waals surface area (Å²) in [6.07, 6.45) is 0.818. The van der Waals surface area contributed by atoms with Crippen LogP contribution in [0.15, 0.2) is 18.2 Å². The number of likely N-dealkylation sites (N-methyl/N-ethyl adjacent to an activating group) is 1. The number of hydrogen-bond acceptors (Lipinski definition) is 3. The molecule has 94 valence electrons. The van der Waals surface area contributed by atoms with Crippen LogP contribution in [0.4, 0.5) is 5.69 Å². The van der Waals surface area contributed by atoms with Crippen LogP contribution in [0.2, 0.25) is 5.02 Å². The molecule has 0 saturated heterocycles. The maximum atomic E-state index is 10.6. The van der Waals surface area contributed by atoms with Crippen LogP contribution < -0.4 is 0 Å². The first-order valence-corrected chi connectivity index (χ1v) is 6.11. The number of nitrogens with zero attached hydrogens (tertiary/aromatic N) is 2. The Morgan fingerprint density at radius 2 is 2.00 bits per heavy atom. The molecule has 0 spiro atoms. The van der Waals surface area contributed by atoms with Crippen LogP contribution in [0, 0.1) is 10.1 Å². The van der Waals surface area contributed by atoms with Gasteiger partial charge in [-0.3, -0.25) is 10.1 Å². The fourth-order valence-corrected chi connectivity index (χ4v) is 1.94. The second-order valence-corrected chi connectivity index (χ2v) is 4.22. The second kappa shape index (κ2) is 6.57. The van der Waals surface area contributed by atoms with E-state index in [-0.39, 0.29) is 5.69 Å². The largest absolute Gasteiger partial charge is 0.304 e. The van der Waals surface area contributed by atoms with Crippen molar-refractivity contribution in [2.24, 2.45) is 0 Å². The van der Waals surface area contributed by atoms with E-state index in [1.54, 1.807) is 6.07 Å². The van der Waals surface area contributed by atoms with E-state index >= 15 is 0 Å². The van der Waals surface area contributed by atoms with Crippen molar-refractivity contribution in [3.63, 3.8) is 0 Å². The fraction of sp³-hybridized carbons (Fsp3) is 0.500. The van der Waals surface area contributed by atoms with Crippen molar-refractivity contribution in [3.05, 3.63) is 38.9 Å². The Labute approximate surface area is 106 Å². The average molecular weight is 257 g/mol. The van der Waals surface area contributed by atoms with E-state index in [1.807, 2.05) is 0 Å². The summed E-state index contributed by atoms with van der Waals surface area (Å²) in [5.74, 6) is 0. The summed E-state index contributed by atoms with van der Waals surface area (Å²) in [5, 5.41) is 11.0. The molecule has 0 aliphatic rings. The van der Waals surface area contributed by atoms with Gasteiger partial charge in [-0.1, -0.05) is 31.5 Å². The molecule has 0 amide bonds. The molecule has 4 nitrogen and oxygen atoms in total. The normalized spacial score (nSPS) is 10.8. The van der Waals surface area contributed by atoms with Crippen molar-refractivity contribution in [3.8, 4) is 0 Å². The van der Waals surface area contributed by atoms with Crippen LogP contribution in [0.3, 0.4) is 0 Å². The van der Waals surface area contributed by atoms with Gasteiger partial charge in [0.2, 0.25) is 0 Å². The van der Waals surface area contributed by atoms with Gasteiger partial charge in [-0.15, -0.1) is 0 Å². The minimum Gasteiger partial charge on any atom is -0.304 e. The molecule has 0 bridgehead atoms. The molecule has 0 N–H and O–H groups in total. The molecule has 1 aromatic rings. The number of nitro benzene ring substituents is 1. The van der Waals surface area contributed by atoms with Crippen molar-refractivity contribution in [2.45, 2.75) is 20.3 Å². The molecular weight excluding hydrogens is 240 g/mol. The number of rotatable bonds is 6. The summed E-state index contributed by atoms with van der Waals surface area (Å²) in [4.78, 5) is 12.4. The van der Waals surface area contributed by atoms with Crippen molar-refractivity contribution < 1.29 is 4.92 Å². The third-order valence-electron chi connectivity index (χ3n) is 2.84. The summed E-state index contributed by atoms with van der Waals surface area (Å²) >= 11 is 6.02. The van der Waals surface area contributed by atoms with Gasteiger partial charge >= 0.3 is 0 Å². The zero-order valence-electron chi connectivity index (χ0n) is 10.1. The van der Waals surface area contributed by atoms with Crippen molar-refractivity contribution in [2.75, 3.05) is 19.6 Å². The van der Waals surface area contributed by atoms with Crippen molar-refractivity contribution in [1.82, 2.24) is 4.90 Å². The zero-order valence-corrected chi connectivity index (χ0v) is 10.9. The lowest BCUT2D eigenvalue weighted by molar-refractivity contribution is -0.384. The molecule has 0 aromatic heterocycles. The first-order chi connectivity index (χ1) is 8.08. The third-order valence-corrected chi connectivity index (χ3v) is 3.19. The Morgan fingerprint density at radius 3 is 2.47 bits per heavy atom. The number of benzene rings is 1. The van der Waals surface area contributed by atoms with Gasteiger partial charge in [0, 0.05) is 18.7 Å². The molecule has 0 fully saturated rings. The molecule has 0 atom stereocenters. The number of hydrogen-bond donors (Lipinski definition) is 0. The Hall–Kier alpha value is -1.13. The monoisotopic (exact) mass is 256 g/mol. The van der Waals surface area contributed by atoms with Gasteiger partial charge in [-0.05, 0) is 25.1 Å². The lowest BCUT2D eigenvalue weighted by Crippen LogP contribution is -2.25. The number of non-ortho nitro benzene ring substituents is 1. The summed E-state index contributed by atoms with van der Waals surface area (Å²) in [7, 11) is 0. The SMILES string of the molecule is CCN(CC)CCc1ccc([N+](=O)[O-])cc1Cl. The molecule has 0 radical (unpaired) electrons. The van der Waals surface area contributed by atoms with Crippen LogP contribution in [0.1, 0.15) is 19.4 Å². The highest BCUT2D eigenvalue weighted by molar-refractivity contribution is 6.31. The Kier molecular flexibility index (Phi) is 5.38. The smallest absolute Gasteiger partial charge is 0.270 e. The Bertz CT molecular complexity index is 392. The van der Waals surface area contributed by atoms with E-state index in [9.17, 15) is 10.1 Å². The van der Waals surface area contributed by atoms with E-state index in [2.05, 4.69) is 18.7 Å². The fourth-order valence-electron chi connectivity index (χ4n) is 1.67. The first kappa shape index (κ1) is 13.9. The van der Waals surface area contributed by atoms with Gasteiger partial charge in [0.05, 0.1) is 9.95 Å². The Morgan fingerprint density at radius 1 is 1.35 bits per heavy atom. The number of halogens is 1. The Balaban J connectivity index is 2.69. The lowest BCUT2D eigenvalue weighted by Gasteiger charge is -2.17. The van der Waals surface area contributed by atoms with E-state index in [1.165, 1.54) is 12.1 Å². The van der Waals surface area contributed by atoms with Crippen molar-refractivity contribution >= 4 is 17.3 Å². The molecule has 17 heavy (non-hydrogen) atoms. The quantitative estimate of drug-likeness (QED) is 0.580. The summed E-state index contributed by atoms with van der Waals surface area (Å²) < 4.78 is 0. The minimum atomic E-state index is -0.431. The van der Waals surface area contributed by atoms with Gasteiger partial charge in [-0.25, -0.2) is 0 Å². The molecule has 1 aromatic carbocycles. The highest BCUT2D eigenvalue weighted by Crippen LogP contribution is 2.22. The molecule has 0 saturated carbocycles. The van der Waals surface area contributed by atoms with E-state index < -0.39 is 4.92 Å². The van der Waals surface area contributed by atoms with Gasteiger partial charge < -0.3 is 4.90 Å². The van der Waals surface area contributed by atoms with Gasteiger partial charge in [-0.2, -0.15) is 0 Å². The van der Waals surface area contributed by atoms with Crippen LogP contribution in [0.5, 0.6) is 0 Å². The first-order valence-electron chi connectivity index (χ1n) is 5.73. The molecule has 1 rings (SSSR count). The summed E-state index contributed by atoms with van der Waals surface area (Å²) in [6, 6.07) is 4.66. The summed E-state index contributed by atoms with van der Waals surface area (Å²) in [5.41, 5.74) is 1.01. The van der Waals surface area contributed by atoms with Crippen LogP contribution in [0.25, 0.3) is 0 Å². The minimum absolute atomic E-state index is 0.0431. The summed E-state index contributed by atoms with van der Waals surface area (Å²) in [6.45, 7) is 7.15. The average Bonchev–Trinajstić information content (AvgIpc) is 2.31. The predicted molar refractivity (Wildman–Crippen MR) is 69.6 cm³/mol. The molecule has 0 heterocycles. The highest BCUT2D eigenvalue weighted by atomic mass is 35.5. The number of nitro groups is 1. The molecule has 0 aliphatic carbocycles. The third kappa shape index (κ3) is 3.98. The standard InChI is InChI=1S/C12H17ClN2O2/c1-3-14(4-2)8-7-10-5-6-11(15(16)17)9-12(10)13/h5-6,9H,3-4,7-8H2,1-2H3. The van der Waals surface area contributed by atoms with Gasteiger partial charge in [0.1, 0.15) is 0 Å².